The lowest BCUT2D eigenvalue weighted by Gasteiger charge is -2.05. The van der Waals surface area contributed by atoms with E-state index in [0.717, 1.165) is 0 Å². The van der Waals surface area contributed by atoms with E-state index in [9.17, 15) is 9.18 Å². The zero-order valence-corrected chi connectivity index (χ0v) is 13.9. The van der Waals surface area contributed by atoms with Gasteiger partial charge in [0.15, 0.2) is 0 Å². The Labute approximate surface area is 143 Å². The fourth-order valence-electron chi connectivity index (χ4n) is 2.41. The lowest BCUT2D eigenvalue weighted by molar-refractivity contribution is 0.102. The fraction of sp³-hybridized carbons (Fsp3) is 0.176. The molecule has 1 aromatic carbocycles. The zero-order valence-electron chi connectivity index (χ0n) is 13.1. The van der Waals surface area contributed by atoms with Crippen LogP contribution in [0.4, 0.5) is 10.1 Å². The molecule has 0 bridgehead atoms. The lowest BCUT2D eigenvalue weighted by Crippen LogP contribution is -2.11. The number of nitrogens with one attached hydrogen (secondary N) is 1. The average Bonchev–Trinajstić information content (AvgIpc) is 3.09. The van der Waals surface area contributed by atoms with Crippen molar-refractivity contribution in [2.75, 3.05) is 5.32 Å². The van der Waals surface area contributed by atoms with E-state index in [-0.39, 0.29) is 12.5 Å². The fourth-order valence-corrected chi connectivity index (χ4v) is 2.64. The van der Waals surface area contributed by atoms with Gasteiger partial charge in [-0.2, -0.15) is 5.10 Å². The van der Waals surface area contributed by atoms with Crippen LogP contribution < -0.4 is 5.32 Å². The van der Waals surface area contributed by atoms with E-state index in [1.807, 2.05) is 0 Å². The molecule has 0 unspecified atom stereocenters. The minimum atomic E-state index is -0.395. The minimum Gasteiger partial charge on any atom is -0.466 e. The van der Waals surface area contributed by atoms with Crippen molar-refractivity contribution in [3.63, 3.8) is 0 Å². The van der Waals surface area contributed by atoms with E-state index >= 15 is 0 Å². The molecule has 1 N–H and O–H groups in total. The molecule has 1 amide bonds. The van der Waals surface area contributed by atoms with Crippen LogP contribution in [0.25, 0.3) is 0 Å². The van der Waals surface area contributed by atoms with Crippen LogP contribution in [0, 0.1) is 19.7 Å². The number of anilines is 1. The molecule has 0 saturated heterocycles. The number of nitrogens with zero attached hydrogens (tertiary/aromatic N) is 2. The van der Waals surface area contributed by atoms with Gasteiger partial charge in [-0.1, -0.05) is 17.7 Å². The van der Waals surface area contributed by atoms with E-state index in [0.29, 0.717) is 33.4 Å². The Morgan fingerprint density at radius 2 is 2.21 bits per heavy atom. The van der Waals surface area contributed by atoms with Crippen molar-refractivity contribution in [1.82, 2.24) is 9.78 Å². The van der Waals surface area contributed by atoms with Gasteiger partial charge in [0.2, 0.25) is 0 Å². The van der Waals surface area contributed by atoms with Crippen LogP contribution in [0.5, 0.6) is 0 Å². The second-order valence-corrected chi connectivity index (χ2v) is 5.82. The number of furan rings is 1. The van der Waals surface area contributed by atoms with Gasteiger partial charge in [-0.3, -0.25) is 9.48 Å². The SMILES string of the molecule is Cc1cc(C(=O)Nc2cnn(Cc3c(F)cccc3Cl)c2)c(C)o1. The largest absolute Gasteiger partial charge is 0.466 e. The molecule has 2 heterocycles. The molecule has 0 spiro atoms. The highest BCUT2D eigenvalue weighted by Gasteiger charge is 2.15. The highest BCUT2D eigenvalue weighted by Crippen LogP contribution is 2.21. The average molecular weight is 348 g/mol. The third kappa shape index (κ3) is 3.33. The smallest absolute Gasteiger partial charge is 0.259 e. The molecule has 0 aliphatic carbocycles. The normalized spacial score (nSPS) is 10.8. The Hall–Kier alpha value is -2.60. The van der Waals surface area contributed by atoms with Crippen LogP contribution >= 0.6 is 11.6 Å². The quantitative estimate of drug-likeness (QED) is 0.770. The summed E-state index contributed by atoms with van der Waals surface area (Å²) >= 11 is 6.01. The predicted molar refractivity (Wildman–Crippen MR) is 88.9 cm³/mol. The maximum atomic E-state index is 13.8. The van der Waals surface area contributed by atoms with E-state index < -0.39 is 5.82 Å². The summed E-state index contributed by atoms with van der Waals surface area (Å²) in [4.78, 5) is 12.2. The summed E-state index contributed by atoms with van der Waals surface area (Å²) < 4.78 is 20.7. The van der Waals surface area contributed by atoms with Crippen molar-refractivity contribution in [1.29, 1.82) is 0 Å². The first-order chi connectivity index (χ1) is 11.4. The molecule has 124 valence electrons. The molecule has 24 heavy (non-hydrogen) atoms. The van der Waals surface area contributed by atoms with Crippen LogP contribution in [0.15, 0.2) is 41.1 Å². The summed E-state index contributed by atoms with van der Waals surface area (Å²) in [6.07, 6.45) is 3.11. The predicted octanol–water partition coefficient (Wildman–Crippen LogP) is 4.19. The Bertz CT molecular complexity index is 881. The molecule has 0 fully saturated rings. The summed E-state index contributed by atoms with van der Waals surface area (Å²) in [6.45, 7) is 3.68. The van der Waals surface area contributed by atoms with Gasteiger partial charge in [-0.05, 0) is 32.0 Å². The molecular weight excluding hydrogens is 333 g/mol. The topological polar surface area (TPSA) is 60.1 Å². The highest BCUT2D eigenvalue weighted by molar-refractivity contribution is 6.31. The number of halogens is 2. The molecule has 5 nitrogen and oxygen atoms in total. The molecule has 3 aromatic rings. The number of hydrogen-bond acceptors (Lipinski definition) is 3. The second kappa shape index (κ2) is 6.49. The number of benzene rings is 1. The molecule has 3 rings (SSSR count). The number of aromatic nitrogens is 2. The monoisotopic (exact) mass is 347 g/mol. The molecule has 7 heteroatoms. The number of hydrogen-bond donors (Lipinski definition) is 1. The van der Waals surface area contributed by atoms with Gasteiger partial charge in [0.25, 0.3) is 5.91 Å². The van der Waals surface area contributed by atoms with Crippen LogP contribution in [0.3, 0.4) is 0 Å². The van der Waals surface area contributed by atoms with Gasteiger partial charge in [-0.25, -0.2) is 4.39 Å². The Morgan fingerprint density at radius 3 is 2.88 bits per heavy atom. The number of amides is 1. The first-order valence-corrected chi connectivity index (χ1v) is 7.65. The summed E-state index contributed by atoms with van der Waals surface area (Å²) in [6, 6.07) is 6.19. The van der Waals surface area contributed by atoms with Gasteiger partial charge in [0.1, 0.15) is 17.3 Å². The van der Waals surface area contributed by atoms with Gasteiger partial charge in [0, 0.05) is 16.8 Å². The van der Waals surface area contributed by atoms with E-state index in [2.05, 4.69) is 10.4 Å². The molecule has 0 aliphatic heterocycles. The number of carbonyl (C=O) groups excluding carboxylic acids is 1. The lowest BCUT2D eigenvalue weighted by atomic mass is 10.2. The summed E-state index contributed by atoms with van der Waals surface area (Å²) in [5.41, 5.74) is 1.32. The van der Waals surface area contributed by atoms with Crippen molar-refractivity contribution in [3.05, 3.63) is 70.1 Å². The maximum Gasteiger partial charge on any atom is 0.259 e. The zero-order chi connectivity index (χ0) is 17.3. The Balaban J connectivity index is 1.74. The summed E-state index contributed by atoms with van der Waals surface area (Å²) in [5.74, 6) is 0.541. The first-order valence-electron chi connectivity index (χ1n) is 7.28. The Morgan fingerprint density at radius 1 is 1.42 bits per heavy atom. The van der Waals surface area contributed by atoms with Gasteiger partial charge in [-0.15, -0.1) is 0 Å². The van der Waals surface area contributed by atoms with Gasteiger partial charge < -0.3 is 9.73 Å². The van der Waals surface area contributed by atoms with E-state index in [1.165, 1.54) is 16.9 Å². The van der Waals surface area contributed by atoms with E-state index in [1.54, 1.807) is 38.2 Å². The summed E-state index contributed by atoms with van der Waals surface area (Å²) in [5, 5.41) is 7.19. The molecular formula is C17H15ClFN3O2. The van der Waals surface area contributed by atoms with Gasteiger partial charge >= 0.3 is 0 Å². The highest BCUT2D eigenvalue weighted by atomic mass is 35.5. The number of carbonyl (C=O) groups is 1. The molecule has 0 radical (unpaired) electrons. The molecule has 0 aliphatic rings. The number of aryl methyl sites for hydroxylation is 2. The second-order valence-electron chi connectivity index (χ2n) is 5.41. The minimum absolute atomic E-state index is 0.172. The first kappa shape index (κ1) is 16.3. The van der Waals surface area contributed by atoms with Crippen molar-refractivity contribution in [2.45, 2.75) is 20.4 Å². The molecule has 0 saturated carbocycles. The third-order valence-corrected chi connectivity index (χ3v) is 3.91. The third-order valence-electron chi connectivity index (χ3n) is 3.56. The van der Waals surface area contributed by atoms with Crippen LogP contribution in [-0.4, -0.2) is 15.7 Å². The van der Waals surface area contributed by atoms with Crippen molar-refractivity contribution in [3.8, 4) is 0 Å². The maximum absolute atomic E-state index is 13.8. The van der Waals surface area contributed by atoms with Crippen molar-refractivity contribution in [2.24, 2.45) is 0 Å². The number of rotatable bonds is 4. The van der Waals surface area contributed by atoms with E-state index in [4.69, 9.17) is 16.0 Å². The Kier molecular flexibility index (Phi) is 4.40. The molecule has 2 aromatic heterocycles. The van der Waals surface area contributed by atoms with Crippen LogP contribution in [0.2, 0.25) is 5.02 Å². The molecule has 0 atom stereocenters. The standard InChI is InChI=1S/C17H15ClFN3O2/c1-10-6-13(11(2)24-10)17(23)21-12-7-20-22(8-12)9-14-15(18)4-3-5-16(14)19/h3-8H,9H2,1-2H3,(H,21,23). The van der Waals surface area contributed by atoms with Crippen LogP contribution in [0.1, 0.15) is 27.4 Å². The summed E-state index contributed by atoms with van der Waals surface area (Å²) in [7, 11) is 0. The van der Waals surface area contributed by atoms with Gasteiger partial charge in [0.05, 0.1) is 24.0 Å². The van der Waals surface area contributed by atoms with Crippen LogP contribution in [-0.2, 0) is 6.54 Å². The van der Waals surface area contributed by atoms with Crippen molar-refractivity contribution >= 4 is 23.2 Å². The van der Waals surface area contributed by atoms with Crippen molar-refractivity contribution < 1.29 is 13.6 Å².